The molecular weight excluding hydrogens is 350 g/mol. The van der Waals surface area contributed by atoms with Gasteiger partial charge in [-0.05, 0) is 37.3 Å². The van der Waals surface area contributed by atoms with Crippen molar-refractivity contribution in [3.8, 4) is 0 Å². The zero-order chi connectivity index (χ0) is 20.4. The first kappa shape index (κ1) is 22.4. The molecule has 0 saturated carbocycles. The number of hydrogen-bond acceptors (Lipinski definition) is 3. The van der Waals surface area contributed by atoms with Crippen LogP contribution in [0.4, 0.5) is 0 Å². The summed E-state index contributed by atoms with van der Waals surface area (Å²) < 4.78 is 0. The summed E-state index contributed by atoms with van der Waals surface area (Å²) in [5, 5.41) is 0. The minimum Gasteiger partial charge on any atom is -0.343 e. The molecule has 1 aromatic carbocycles. The molecule has 0 aromatic heterocycles. The third-order valence-corrected chi connectivity index (χ3v) is 5.50. The largest absolute Gasteiger partial charge is 0.343 e. The fourth-order valence-electron chi connectivity index (χ4n) is 3.79. The molecule has 1 heterocycles. The molecule has 1 aromatic rings. The fourth-order valence-corrected chi connectivity index (χ4v) is 3.79. The number of nitrogens with zero attached hydrogens (tertiary/aromatic N) is 3. The maximum Gasteiger partial charge on any atom is 0.222 e. The Hall–Kier alpha value is -1.88. The Kier molecular flexibility index (Phi) is 9.48. The monoisotopic (exact) mass is 387 g/mol. The number of carbonyl (C=O) groups excluding carboxylic acids is 2. The lowest BCUT2D eigenvalue weighted by Gasteiger charge is -2.35. The van der Waals surface area contributed by atoms with Gasteiger partial charge >= 0.3 is 0 Å². The number of aryl methyl sites for hydroxylation is 1. The Labute approximate surface area is 170 Å². The highest BCUT2D eigenvalue weighted by Crippen LogP contribution is 2.13. The second-order valence-corrected chi connectivity index (χ2v) is 7.82. The summed E-state index contributed by atoms with van der Waals surface area (Å²) >= 11 is 0. The van der Waals surface area contributed by atoms with Crippen LogP contribution in [-0.4, -0.2) is 65.8 Å². The molecule has 0 aliphatic carbocycles. The zero-order valence-corrected chi connectivity index (χ0v) is 18.0. The van der Waals surface area contributed by atoms with Crippen LogP contribution in [0, 0.1) is 6.92 Å². The summed E-state index contributed by atoms with van der Waals surface area (Å²) in [5.74, 6) is 0.389. The van der Waals surface area contributed by atoms with Gasteiger partial charge < -0.3 is 9.80 Å². The Morgan fingerprint density at radius 2 is 1.61 bits per heavy atom. The maximum absolute atomic E-state index is 12.5. The Balaban J connectivity index is 1.69. The lowest BCUT2D eigenvalue weighted by molar-refractivity contribution is -0.134. The molecular formula is C23H37N3O2. The van der Waals surface area contributed by atoms with Crippen LogP contribution in [0.2, 0.25) is 0 Å². The van der Waals surface area contributed by atoms with Crippen molar-refractivity contribution in [2.75, 3.05) is 39.3 Å². The van der Waals surface area contributed by atoms with E-state index in [1.807, 2.05) is 9.80 Å². The Morgan fingerprint density at radius 3 is 2.21 bits per heavy atom. The van der Waals surface area contributed by atoms with Gasteiger partial charge in [-0.25, -0.2) is 0 Å². The summed E-state index contributed by atoms with van der Waals surface area (Å²) in [6.07, 6.45) is 3.59. The smallest absolute Gasteiger partial charge is 0.222 e. The van der Waals surface area contributed by atoms with E-state index < -0.39 is 0 Å². The average Bonchev–Trinajstić information content (AvgIpc) is 2.70. The number of hydrogen-bond donors (Lipinski definition) is 0. The molecule has 1 aliphatic rings. The van der Waals surface area contributed by atoms with Crippen LogP contribution in [0.15, 0.2) is 24.3 Å². The molecule has 0 spiro atoms. The van der Waals surface area contributed by atoms with Gasteiger partial charge in [0.05, 0.1) is 0 Å². The van der Waals surface area contributed by atoms with Gasteiger partial charge in [0.25, 0.3) is 0 Å². The van der Waals surface area contributed by atoms with E-state index in [4.69, 9.17) is 0 Å². The highest BCUT2D eigenvalue weighted by Gasteiger charge is 2.21. The normalized spacial score (nSPS) is 14.9. The quantitative estimate of drug-likeness (QED) is 0.618. The first-order valence-corrected chi connectivity index (χ1v) is 10.9. The van der Waals surface area contributed by atoms with E-state index in [9.17, 15) is 9.59 Å². The third-order valence-electron chi connectivity index (χ3n) is 5.50. The molecule has 5 heteroatoms. The molecule has 5 nitrogen and oxygen atoms in total. The summed E-state index contributed by atoms with van der Waals surface area (Å²) in [6.45, 7) is 12.3. The molecule has 1 aliphatic heterocycles. The van der Waals surface area contributed by atoms with Gasteiger partial charge in [0, 0.05) is 58.7 Å². The molecule has 156 valence electrons. The van der Waals surface area contributed by atoms with E-state index in [1.165, 1.54) is 11.1 Å². The predicted molar refractivity (Wildman–Crippen MR) is 114 cm³/mol. The number of amides is 2. The van der Waals surface area contributed by atoms with E-state index in [-0.39, 0.29) is 11.8 Å². The Morgan fingerprint density at radius 1 is 0.964 bits per heavy atom. The van der Waals surface area contributed by atoms with Crippen LogP contribution in [0.25, 0.3) is 0 Å². The van der Waals surface area contributed by atoms with Gasteiger partial charge in [-0.2, -0.15) is 0 Å². The van der Waals surface area contributed by atoms with Crippen molar-refractivity contribution in [2.24, 2.45) is 0 Å². The summed E-state index contributed by atoms with van der Waals surface area (Å²) in [6, 6.07) is 8.50. The topological polar surface area (TPSA) is 43.9 Å². The molecule has 0 radical (unpaired) electrons. The van der Waals surface area contributed by atoms with Crippen molar-refractivity contribution >= 4 is 11.8 Å². The molecule has 0 bridgehead atoms. The van der Waals surface area contributed by atoms with E-state index in [2.05, 4.69) is 49.9 Å². The van der Waals surface area contributed by atoms with Crippen molar-refractivity contribution in [3.05, 3.63) is 35.4 Å². The first-order valence-electron chi connectivity index (χ1n) is 10.9. The summed E-state index contributed by atoms with van der Waals surface area (Å²) in [4.78, 5) is 31.1. The van der Waals surface area contributed by atoms with Gasteiger partial charge in [0.2, 0.25) is 11.8 Å². The fraction of sp³-hybridized carbons (Fsp3) is 0.652. The van der Waals surface area contributed by atoms with Crippen LogP contribution in [0.3, 0.4) is 0 Å². The lowest BCUT2D eigenvalue weighted by atomic mass is 10.1. The van der Waals surface area contributed by atoms with Crippen molar-refractivity contribution in [3.63, 3.8) is 0 Å². The van der Waals surface area contributed by atoms with Gasteiger partial charge in [-0.3, -0.25) is 14.5 Å². The molecule has 0 unspecified atom stereocenters. The van der Waals surface area contributed by atoms with Gasteiger partial charge in [0.15, 0.2) is 0 Å². The molecule has 2 amide bonds. The highest BCUT2D eigenvalue weighted by molar-refractivity contribution is 5.79. The maximum atomic E-state index is 12.5. The minimum absolute atomic E-state index is 0.194. The highest BCUT2D eigenvalue weighted by atomic mass is 16.2. The SMILES string of the molecule is CCCN(CCC)C(=O)CCCC(=O)N1CCN(Cc2ccccc2C)CC1. The van der Waals surface area contributed by atoms with E-state index in [0.717, 1.165) is 58.7 Å². The second-order valence-electron chi connectivity index (χ2n) is 7.82. The van der Waals surface area contributed by atoms with Gasteiger partial charge in [-0.15, -0.1) is 0 Å². The van der Waals surface area contributed by atoms with Gasteiger partial charge in [0.1, 0.15) is 0 Å². The third kappa shape index (κ3) is 6.93. The lowest BCUT2D eigenvalue weighted by Crippen LogP contribution is -2.48. The zero-order valence-electron chi connectivity index (χ0n) is 18.0. The molecule has 1 saturated heterocycles. The number of benzene rings is 1. The molecule has 0 atom stereocenters. The average molecular weight is 388 g/mol. The summed E-state index contributed by atoms with van der Waals surface area (Å²) in [5.41, 5.74) is 2.69. The second kappa shape index (κ2) is 11.8. The van der Waals surface area contributed by atoms with Crippen molar-refractivity contribution in [1.82, 2.24) is 14.7 Å². The summed E-state index contributed by atoms with van der Waals surface area (Å²) in [7, 11) is 0. The standard InChI is InChI=1S/C23H37N3O2/c1-4-13-25(14-5-2)22(27)11-8-12-23(28)26-17-15-24(16-18-26)19-21-10-7-6-9-20(21)3/h6-7,9-10H,4-5,8,11-19H2,1-3H3. The van der Waals surface area contributed by atoms with Crippen molar-refractivity contribution in [1.29, 1.82) is 0 Å². The van der Waals surface area contributed by atoms with Crippen LogP contribution in [0.5, 0.6) is 0 Å². The molecule has 0 N–H and O–H groups in total. The molecule has 2 rings (SSSR count). The predicted octanol–water partition coefficient (Wildman–Crippen LogP) is 3.46. The van der Waals surface area contributed by atoms with E-state index in [1.54, 1.807) is 0 Å². The van der Waals surface area contributed by atoms with E-state index in [0.29, 0.717) is 19.3 Å². The molecule has 28 heavy (non-hydrogen) atoms. The van der Waals surface area contributed by atoms with Crippen LogP contribution < -0.4 is 0 Å². The number of carbonyl (C=O) groups is 2. The van der Waals surface area contributed by atoms with E-state index >= 15 is 0 Å². The van der Waals surface area contributed by atoms with Crippen LogP contribution in [0.1, 0.15) is 57.1 Å². The van der Waals surface area contributed by atoms with Gasteiger partial charge in [-0.1, -0.05) is 38.1 Å². The van der Waals surface area contributed by atoms with Crippen LogP contribution >= 0.6 is 0 Å². The van der Waals surface area contributed by atoms with Crippen LogP contribution in [-0.2, 0) is 16.1 Å². The molecule has 1 fully saturated rings. The van der Waals surface area contributed by atoms with Crippen molar-refractivity contribution < 1.29 is 9.59 Å². The van der Waals surface area contributed by atoms with Crippen molar-refractivity contribution in [2.45, 2.75) is 59.4 Å². The minimum atomic E-state index is 0.194. The number of rotatable bonds is 10. The first-order chi connectivity index (χ1) is 13.5. The Bertz CT molecular complexity index is 618. The number of piperazine rings is 1.